The van der Waals surface area contributed by atoms with Crippen molar-refractivity contribution in [2.24, 2.45) is 0 Å². The first-order valence-corrected chi connectivity index (χ1v) is 14.0. The van der Waals surface area contributed by atoms with Crippen molar-refractivity contribution in [1.29, 1.82) is 0 Å². The predicted octanol–water partition coefficient (Wildman–Crippen LogP) is 5.23. The minimum Gasteiger partial charge on any atom is -0.454 e. The molecule has 2 unspecified atom stereocenters. The van der Waals surface area contributed by atoms with Gasteiger partial charge in [0.05, 0.1) is 31.0 Å². The molecule has 204 valence electrons. The van der Waals surface area contributed by atoms with Gasteiger partial charge in [-0.3, -0.25) is 4.98 Å². The first kappa shape index (κ1) is 24.9. The first-order chi connectivity index (χ1) is 19.6. The van der Waals surface area contributed by atoms with Crippen molar-refractivity contribution < 1.29 is 14.2 Å². The Bertz CT molecular complexity index is 1550. The number of rotatable bonds is 5. The van der Waals surface area contributed by atoms with Crippen LogP contribution in [-0.4, -0.2) is 47.8 Å². The Kier molecular flexibility index (Phi) is 6.32. The molecule has 2 fully saturated rings. The Morgan fingerprint density at radius 3 is 2.40 bits per heavy atom. The van der Waals surface area contributed by atoms with E-state index in [2.05, 4.69) is 69.9 Å². The Morgan fingerprint density at radius 1 is 0.875 bits per heavy atom. The smallest absolute Gasteiger partial charge is 0.231 e. The number of nitrogens with zero attached hydrogens (tertiary/aromatic N) is 4. The van der Waals surface area contributed by atoms with E-state index in [1.54, 1.807) is 0 Å². The molecule has 7 rings (SSSR count). The highest BCUT2D eigenvalue weighted by Gasteiger charge is 2.42. The third-order valence-electron chi connectivity index (χ3n) is 8.01. The van der Waals surface area contributed by atoms with Gasteiger partial charge in [0.1, 0.15) is 0 Å². The summed E-state index contributed by atoms with van der Waals surface area (Å²) in [6.45, 7) is 7.97. The zero-order valence-corrected chi connectivity index (χ0v) is 23.4. The van der Waals surface area contributed by atoms with Crippen LogP contribution >= 0.6 is 12.2 Å². The van der Waals surface area contributed by atoms with Gasteiger partial charge in [-0.25, -0.2) is 0 Å². The molecule has 0 bridgehead atoms. The van der Waals surface area contributed by atoms with E-state index in [1.807, 2.05) is 36.5 Å². The van der Waals surface area contributed by atoms with Crippen LogP contribution in [-0.2, 0) is 4.74 Å². The SMILES string of the molecule is Cc1cc(C2C(c3ccccn3)NC(=S)N2c2ccc3c(c2)OCO3)c(C)n1-c1ccc(N2CCOCC2)cc1. The normalized spacial score (nSPS) is 20.2. The molecule has 8 nitrogen and oxygen atoms in total. The number of aryl methyl sites for hydroxylation is 1. The van der Waals surface area contributed by atoms with Gasteiger partial charge in [-0.1, -0.05) is 6.07 Å². The van der Waals surface area contributed by atoms with E-state index in [0.717, 1.165) is 60.6 Å². The van der Waals surface area contributed by atoms with Gasteiger partial charge in [-0.2, -0.15) is 0 Å². The second-order valence-corrected chi connectivity index (χ2v) is 10.7. The van der Waals surface area contributed by atoms with Crippen LogP contribution in [0.4, 0.5) is 11.4 Å². The molecular formula is C31H31N5O3S. The van der Waals surface area contributed by atoms with Crippen molar-refractivity contribution in [3.05, 3.63) is 95.6 Å². The van der Waals surface area contributed by atoms with E-state index in [4.69, 9.17) is 31.4 Å². The van der Waals surface area contributed by atoms with Gasteiger partial charge < -0.3 is 33.9 Å². The quantitative estimate of drug-likeness (QED) is 0.337. The summed E-state index contributed by atoms with van der Waals surface area (Å²) >= 11 is 5.95. The van der Waals surface area contributed by atoms with Gasteiger partial charge >= 0.3 is 0 Å². The van der Waals surface area contributed by atoms with Crippen LogP contribution in [0.25, 0.3) is 5.69 Å². The van der Waals surface area contributed by atoms with Crippen LogP contribution in [0, 0.1) is 13.8 Å². The molecule has 9 heteroatoms. The highest BCUT2D eigenvalue weighted by atomic mass is 32.1. The fourth-order valence-electron chi connectivity index (χ4n) is 6.10. The van der Waals surface area contributed by atoms with Gasteiger partial charge in [0.2, 0.25) is 6.79 Å². The summed E-state index contributed by atoms with van der Waals surface area (Å²) in [5.74, 6) is 1.48. The highest BCUT2D eigenvalue weighted by molar-refractivity contribution is 7.80. The molecule has 2 atom stereocenters. The molecule has 2 aromatic heterocycles. The number of ether oxygens (including phenoxy) is 3. The zero-order chi connectivity index (χ0) is 27.2. The van der Waals surface area contributed by atoms with Gasteiger partial charge in [0.25, 0.3) is 0 Å². The van der Waals surface area contributed by atoms with E-state index in [-0.39, 0.29) is 18.9 Å². The maximum Gasteiger partial charge on any atom is 0.231 e. The van der Waals surface area contributed by atoms with Crippen LogP contribution in [0.5, 0.6) is 11.5 Å². The maximum absolute atomic E-state index is 5.95. The predicted molar refractivity (Wildman–Crippen MR) is 159 cm³/mol. The first-order valence-electron chi connectivity index (χ1n) is 13.6. The summed E-state index contributed by atoms with van der Waals surface area (Å²) in [6.07, 6.45) is 1.83. The van der Waals surface area contributed by atoms with Crippen LogP contribution in [0.15, 0.2) is 72.9 Å². The van der Waals surface area contributed by atoms with Gasteiger partial charge in [-0.05, 0) is 86.2 Å². The van der Waals surface area contributed by atoms with Gasteiger partial charge in [-0.15, -0.1) is 0 Å². The van der Waals surface area contributed by atoms with Crippen molar-refractivity contribution in [3.63, 3.8) is 0 Å². The van der Waals surface area contributed by atoms with Crippen LogP contribution in [0.1, 0.15) is 34.7 Å². The minimum atomic E-state index is -0.128. The van der Waals surface area contributed by atoms with Crippen molar-refractivity contribution >= 4 is 28.7 Å². The topological polar surface area (TPSA) is 64.0 Å². The number of anilines is 2. The molecular weight excluding hydrogens is 522 g/mol. The molecule has 3 aliphatic rings. The van der Waals surface area contributed by atoms with Crippen LogP contribution in [0.3, 0.4) is 0 Å². The average Bonchev–Trinajstić information content (AvgIpc) is 3.68. The molecule has 40 heavy (non-hydrogen) atoms. The Hall–Kier alpha value is -4.08. The summed E-state index contributed by atoms with van der Waals surface area (Å²) in [6, 6.07) is 22.9. The number of nitrogens with one attached hydrogen (secondary N) is 1. The molecule has 1 N–H and O–H groups in total. The monoisotopic (exact) mass is 553 g/mol. The summed E-state index contributed by atoms with van der Waals surface area (Å²) in [5.41, 5.74) is 7.77. The highest BCUT2D eigenvalue weighted by Crippen LogP contribution is 2.46. The summed E-state index contributed by atoms with van der Waals surface area (Å²) in [4.78, 5) is 9.27. The Morgan fingerprint density at radius 2 is 1.62 bits per heavy atom. The lowest BCUT2D eigenvalue weighted by Crippen LogP contribution is -2.36. The molecule has 2 aromatic carbocycles. The number of morpholine rings is 1. The fourth-order valence-corrected chi connectivity index (χ4v) is 6.45. The standard InChI is InChI=1S/C31H31N5O3S/c1-20-17-25(21(2)35(20)23-8-6-22(7-9-23)34-13-15-37-16-14-34)30-29(26-5-3-4-12-32-26)33-31(40)36(30)24-10-11-27-28(18-24)39-19-38-27/h3-12,17-18,29-30H,13-16,19H2,1-2H3,(H,33,40). The molecule has 0 saturated carbocycles. The minimum absolute atomic E-state index is 0.115. The second-order valence-electron chi connectivity index (χ2n) is 10.3. The largest absolute Gasteiger partial charge is 0.454 e. The summed E-state index contributed by atoms with van der Waals surface area (Å²) in [5, 5.41) is 4.22. The van der Waals surface area contributed by atoms with E-state index in [0.29, 0.717) is 5.11 Å². The third kappa shape index (κ3) is 4.26. The molecule has 0 spiro atoms. The van der Waals surface area contributed by atoms with E-state index < -0.39 is 0 Å². The van der Waals surface area contributed by atoms with Crippen molar-refractivity contribution in [2.45, 2.75) is 25.9 Å². The van der Waals surface area contributed by atoms with E-state index in [9.17, 15) is 0 Å². The van der Waals surface area contributed by atoms with Gasteiger partial charge in [0, 0.05) is 53.8 Å². The van der Waals surface area contributed by atoms with Crippen molar-refractivity contribution in [2.75, 3.05) is 42.9 Å². The Balaban J connectivity index is 1.30. The van der Waals surface area contributed by atoms with Gasteiger partial charge in [0.15, 0.2) is 16.6 Å². The molecule has 3 aliphatic heterocycles. The summed E-state index contributed by atoms with van der Waals surface area (Å²) < 4.78 is 19.1. The number of benzene rings is 2. The third-order valence-corrected chi connectivity index (χ3v) is 8.32. The number of hydrogen-bond donors (Lipinski definition) is 1. The van der Waals surface area contributed by atoms with Crippen LogP contribution in [0.2, 0.25) is 0 Å². The van der Waals surface area contributed by atoms with Crippen molar-refractivity contribution in [1.82, 2.24) is 14.9 Å². The molecule has 0 amide bonds. The number of fused-ring (bicyclic) bond motifs is 1. The molecule has 0 aliphatic carbocycles. The molecule has 5 heterocycles. The molecule has 4 aromatic rings. The second kappa shape index (κ2) is 10.1. The number of pyridine rings is 1. The lowest BCUT2D eigenvalue weighted by Gasteiger charge is -2.29. The lowest BCUT2D eigenvalue weighted by molar-refractivity contribution is 0.122. The van der Waals surface area contributed by atoms with Crippen molar-refractivity contribution in [3.8, 4) is 17.2 Å². The number of thiocarbonyl (C=S) groups is 1. The van der Waals surface area contributed by atoms with Crippen LogP contribution < -0.4 is 24.6 Å². The van der Waals surface area contributed by atoms with E-state index >= 15 is 0 Å². The average molecular weight is 554 g/mol. The summed E-state index contributed by atoms with van der Waals surface area (Å²) in [7, 11) is 0. The van der Waals surface area contributed by atoms with E-state index in [1.165, 1.54) is 16.9 Å². The molecule has 0 radical (unpaired) electrons. The lowest BCUT2D eigenvalue weighted by atomic mass is 9.96. The Labute approximate surface area is 239 Å². The maximum atomic E-state index is 5.95. The number of hydrogen-bond acceptors (Lipinski definition) is 6. The number of aromatic nitrogens is 2. The fraction of sp³-hybridized carbons (Fsp3) is 0.290. The molecule has 2 saturated heterocycles. The zero-order valence-electron chi connectivity index (χ0n) is 22.5.